The van der Waals surface area contributed by atoms with Crippen LogP contribution in [0.3, 0.4) is 0 Å². The monoisotopic (exact) mass is 279 g/mol. The van der Waals surface area contributed by atoms with E-state index in [2.05, 4.69) is 30.1 Å². The van der Waals surface area contributed by atoms with Crippen LogP contribution in [0.15, 0.2) is 27.8 Å². The minimum atomic E-state index is 0.270. The van der Waals surface area contributed by atoms with E-state index in [4.69, 9.17) is 14.9 Å². The third-order valence-corrected chi connectivity index (χ3v) is 3.18. The number of rotatable bonds is 6. The Morgan fingerprint density at radius 1 is 1.21 bits per heavy atom. The van der Waals surface area contributed by atoms with Gasteiger partial charge in [0.1, 0.15) is 5.75 Å². The second kappa shape index (κ2) is 6.58. The van der Waals surface area contributed by atoms with Gasteiger partial charge in [-0.2, -0.15) is 0 Å². The first-order valence-electron chi connectivity index (χ1n) is 6.03. The number of hydrogen-bond acceptors (Lipinski definition) is 6. The van der Waals surface area contributed by atoms with Gasteiger partial charge in [0.25, 0.3) is 5.22 Å². The molecular weight excluding hydrogens is 262 g/mol. The van der Waals surface area contributed by atoms with E-state index in [1.807, 2.05) is 12.1 Å². The molecule has 1 aromatic carbocycles. The molecule has 0 bridgehead atoms. The molecule has 0 fully saturated rings. The maximum absolute atomic E-state index is 5.69. The second-order valence-corrected chi connectivity index (χ2v) is 5.23. The Morgan fingerprint density at radius 3 is 2.58 bits per heavy atom. The van der Waals surface area contributed by atoms with E-state index in [0.717, 1.165) is 11.5 Å². The molecule has 0 aliphatic heterocycles. The van der Waals surface area contributed by atoms with E-state index in [1.165, 1.54) is 22.9 Å². The van der Waals surface area contributed by atoms with Gasteiger partial charge in [0, 0.05) is 5.75 Å². The Balaban J connectivity index is 1.77. The Morgan fingerprint density at radius 2 is 1.95 bits per heavy atom. The molecule has 0 atom stereocenters. The lowest BCUT2D eigenvalue weighted by atomic mass is 10.1. The van der Waals surface area contributed by atoms with Gasteiger partial charge in [-0.3, -0.25) is 0 Å². The van der Waals surface area contributed by atoms with E-state index in [9.17, 15) is 0 Å². The Kier molecular flexibility index (Phi) is 4.81. The number of thioether (sulfide) groups is 1. The van der Waals surface area contributed by atoms with Crippen LogP contribution in [0.1, 0.15) is 17.0 Å². The number of hydrogen-bond donors (Lipinski definition) is 1. The fraction of sp³-hybridized carbons (Fsp3) is 0.385. The van der Waals surface area contributed by atoms with E-state index in [1.54, 1.807) is 0 Å². The van der Waals surface area contributed by atoms with Gasteiger partial charge in [-0.05, 0) is 37.1 Å². The molecule has 6 heteroatoms. The van der Waals surface area contributed by atoms with Gasteiger partial charge < -0.3 is 14.9 Å². The summed E-state index contributed by atoms with van der Waals surface area (Å²) < 4.78 is 11.0. The standard InChI is InChI=1S/C13H17N3O2S/c1-9-5-10(2)7-11(6-9)17-3-4-19-13-16-15-12(8-14)18-13/h5-7H,3-4,8,14H2,1-2H3. The fourth-order valence-corrected chi connectivity index (χ4v) is 2.28. The van der Waals surface area contributed by atoms with Gasteiger partial charge >= 0.3 is 0 Å². The van der Waals surface area contributed by atoms with Crippen molar-refractivity contribution in [2.75, 3.05) is 12.4 Å². The first-order chi connectivity index (χ1) is 9.17. The van der Waals surface area contributed by atoms with Crippen molar-refractivity contribution >= 4 is 11.8 Å². The zero-order chi connectivity index (χ0) is 13.7. The molecule has 0 unspecified atom stereocenters. The van der Waals surface area contributed by atoms with E-state index in [0.29, 0.717) is 17.7 Å². The van der Waals surface area contributed by atoms with E-state index < -0.39 is 0 Å². The highest BCUT2D eigenvalue weighted by Gasteiger charge is 2.05. The molecule has 102 valence electrons. The molecule has 19 heavy (non-hydrogen) atoms. The zero-order valence-electron chi connectivity index (χ0n) is 11.0. The summed E-state index contributed by atoms with van der Waals surface area (Å²) in [7, 11) is 0. The average molecular weight is 279 g/mol. The minimum Gasteiger partial charge on any atom is -0.493 e. The summed E-state index contributed by atoms with van der Waals surface area (Å²) in [5.41, 5.74) is 7.79. The van der Waals surface area contributed by atoms with Crippen LogP contribution >= 0.6 is 11.8 Å². The first-order valence-corrected chi connectivity index (χ1v) is 7.02. The van der Waals surface area contributed by atoms with Crippen LogP contribution in [0, 0.1) is 13.8 Å². The van der Waals surface area contributed by atoms with Gasteiger partial charge in [0.05, 0.1) is 13.2 Å². The summed E-state index contributed by atoms with van der Waals surface area (Å²) >= 11 is 1.46. The largest absolute Gasteiger partial charge is 0.493 e. The van der Waals surface area contributed by atoms with Gasteiger partial charge in [-0.1, -0.05) is 17.8 Å². The Hall–Kier alpha value is -1.53. The molecule has 2 aromatic rings. The number of ether oxygens (including phenoxy) is 1. The smallest absolute Gasteiger partial charge is 0.276 e. The van der Waals surface area contributed by atoms with Gasteiger partial charge in [0.2, 0.25) is 5.89 Å². The van der Waals surface area contributed by atoms with Crippen molar-refractivity contribution in [3.8, 4) is 5.75 Å². The minimum absolute atomic E-state index is 0.270. The topological polar surface area (TPSA) is 74.2 Å². The lowest BCUT2D eigenvalue weighted by Crippen LogP contribution is -2.00. The zero-order valence-corrected chi connectivity index (χ0v) is 11.9. The lowest BCUT2D eigenvalue weighted by Gasteiger charge is -2.07. The first kappa shape index (κ1) is 13.9. The summed E-state index contributed by atoms with van der Waals surface area (Å²) in [6, 6.07) is 6.17. The lowest BCUT2D eigenvalue weighted by molar-refractivity contribution is 0.342. The van der Waals surface area contributed by atoms with Crippen LogP contribution in [0.5, 0.6) is 5.75 Å². The maximum atomic E-state index is 5.69. The fourth-order valence-electron chi connectivity index (χ4n) is 1.68. The highest BCUT2D eigenvalue weighted by Crippen LogP contribution is 2.18. The molecule has 0 saturated heterocycles. The van der Waals surface area contributed by atoms with Crippen LogP contribution in [0.4, 0.5) is 0 Å². The van der Waals surface area contributed by atoms with Crippen molar-refractivity contribution in [1.29, 1.82) is 0 Å². The number of nitrogens with two attached hydrogens (primary N) is 1. The molecule has 1 heterocycles. The van der Waals surface area contributed by atoms with Crippen molar-refractivity contribution < 1.29 is 9.15 Å². The molecule has 2 rings (SSSR count). The number of aryl methyl sites for hydroxylation is 2. The van der Waals surface area contributed by atoms with Crippen molar-refractivity contribution in [3.63, 3.8) is 0 Å². The highest BCUT2D eigenvalue weighted by molar-refractivity contribution is 7.99. The average Bonchev–Trinajstić information content (AvgIpc) is 2.81. The van der Waals surface area contributed by atoms with Crippen LogP contribution < -0.4 is 10.5 Å². The quantitative estimate of drug-likeness (QED) is 0.646. The van der Waals surface area contributed by atoms with Crippen molar-refractivity contribution in [2.45, 2.75) is 25.6 Å². The third-order valence-electron chi connectivity index (χ3n) is 2.40. The summed E-state index contributed by atoms with van der Waals surface area (Å²) in [6.07, 6.45) is 0. The molecule has 0 saturated carbocycles. The van der Waals surface area contributed by atoms with E-state index in [-0.39, 0.29) is 6.54 Å². The Labute approximate surface area is 116 Å². The normalized spacial score (nSPS) is 10.7. The number of nitrogens with zero attached hydrogens (tertiary/aromatic N) is 2. The van der Waals surface area contributed by atoms with Crippen LogP contribution in [-0.2, 0) is 6.54 Å². The van der Waals surface area contributed by atoms with Crippen molar-refractivity contribution in [1.82, 2.24) is 10.2 Å². The van der Waals surface area contributed by atoms with Crippen molar-refractivity contribution in [3.05, 3.63) is 35.2 Å². The number of benzene rings is 1. The van der Waals surface area contributed by atoms with Crippen molar-refractivity contribution in [2.24, 2.45) is 5.73 Å². The van der Waals surface area contributed by atoms with Gasteiger partial charge in [-0.15, -0.1) is 10.2 Å². The van der Waals surface area contributed by atoms with Gasteiger partial charge in [-0.25, -0.2) is 0 Å². The summed E-state index contributed by atoms with van der Waals surface area (Å²) in [6.45, 7) is 4.98. The molecule has 2 N–H and O–H groups in total. The molecule has 0 amide bonds. The van der Waals surface area contributed by atoms with Crippen LogP contribution in [-0.4, -0.2) is 22.6 Å². The molecule has 1 aromatic heterocycles. The second-order valence-electron chi connectivity index (χ2n) is 4.19. The maximum Gasteiger partial charge on any atom is 0.276 e. The Bertz CT molecular complexity index is 522. The van der Waals surface area contributed by atoms with E-state index >= 15 is 0 Å². The number of aromatic nitrogens is 2. The predicted octanol–water partition coefficient (Wildman–Crippen LogP) is 2.32. The molecule has 0 aliphatic carbocycles. The predicted molar refractivity (Wildman–Crippen MR) is 74.3 cm³/mol. The summed E-state index contributed by atoms with van der Waals surface area (Å²) in [5.74, 6) is 2.10. The molecule has 5 nitrogen and oxygen atoms in total. The van der Waals surface area contributed by atoms with Crippen LogP contribution in [0.25, 0.3) is 0 Å². The summed E-state index contributed by atoms with van der Waals surface area (Å²) in [4.78, 5) is 0. The molecular formula is C13H17N3O2S. The third kappa shape index (κ3) is 4.25. The molecule has 0 aliphatic rings. The molecule has 0 spiro atoms. The SMILES string of the molecule is Cc1cc(C)cc(OCCSc2nnc(CN)o2)c1. The van der Waals surface area contributed by atoms with Crippen LogP contribution in [0.2, 0.25) is 0 Å². The summed E-state index contributed by atoms with van der Waals surface area (Å²) in [5, 5.41) is 8.19. The highest BCUT2D eigenvalue weighted by atomic mass is 32.2. The molecule has 0 radical (unpaired) electrons. The van der Waals surface area contributed by atoms with Gasteiger partial charge in [0.15, 0.2) is 0 Å².